The zero-order valence-corrected chi connectivity index (χ0v) is 23.5. The van der Waals surface area contributed by atoms with Crippen molar-refractivity contribution in [3.8, 4) is 0 Å². The Labute approximate surface area is 243 Å². The van der Waals surface area contributed by atoms with Crippen LogP contribution in [0.2, 0.25) is 0 Å². The lowest BCUT2D eigenvalue weighted by molar-refractivity contribution is -0.147. The van der Waals surface area contributed by atoms with Crippen LogP contribution in [0.5, 0.6) is 0 Å². The average Bonchev–Trinajstić information content (AvgIpc) is 2.88. The molecule has 0 heterocycles. The van der Waals surface area contributed by atoms with Crippen molar-refractivity contribution in [2.45, 2.75) is 75.5 Å². The summed E-state index contributed by atoms with van der Waals surface area (Å²) in [6.07, 6.45) is 4.75. The third-order valence-electron chi connectivity index (χ3n) is 7.97. The molecule has 6 N–H and O–H groups in total. The van der Waals surface area contributed by atoms with Crippen LogP contribution >= 0.6 is 0 Å². The van der Waals surface area contributed by atoms with Crippen LogP contribution in [0, 0.1) is 0 Å². The van der Waals surface area contributed by atoms with Crippen LogP contribution in [0.25, 0.3) is 0 Å². The van der Waals surface area contributed by atoms with Crippen molar-refractivity contribution in [3.63, 3.8) is 0 Å². The molecule has 2 aliphatic rings. The Morgan fingerprint density at radius 3 is 0.786 bits per heavy atom. The smallest absolute Gasteiger partial charge is 0.317 e. The van der Waals surface area contributed by atoms with E-state index in [2.05, 4.69) is 0 Å². The van der Waals surface area contributed by atoms with E-state index in [-0.39, 0.29) is 13.1 Å². The molecule has 0 unspecified atom stereocenters. The highest BCUT2D eigenvalue weighted by Gasteiger charge is 2.39. The number of hydrogen-bond donors (Lipinski definition) is 6. The third kappa shape index (κ3) is 11.5. The zero-order valence-electron chi connectivity index (χ0n) is 23.5. The summed E-state index contributed by atoms with van der Waals surface area (Å²) in [7, 11) is 0. The summed E-state index contributed by atoms with van der Waals surface area (Å²) in [6, 6.07) is -2.11. The third-order valence-corrected chi connectivity index (χ3v) is 7.97. The van der Waals surface area contributed by atoms with E-state index in [4.69, 9.17) is 0 Å². The second-order valence-corrected chi connectivity index (χ2v) is 11.0. The van der Waals surface area contributed by atoms with Gasteiger partial charge in [0.15, 0.2) is 0 Å². The zero-order chi connectivity index (χ0) is 31.4. The number of aliphatic carboxylic acids is 6. The highest BCUT2D eigenvalue weighted by atomic mass is 16.4. The van der Waals surface area contributed by atoms with Crippen LogP contribution in [-0.4, -0.2) is 163 Å². The van der Waals surface area contributed by atoms with Gasteiger partial charge in [-0.3, -0.25) is 48.4 Å². The molecular weight excluding hydrogens is 560 g/mol. The van der Waals surface area contributed by atoms with Crippen LogP contribution in [-0.2, 0) is 28.8 Å². The maximum absolute atomic E-state index is 11.9. The van der Waals surface area contributed by atoms with Crippen molar-refractivity contribution in [3.05, 3.63) is 0 Å². The summed E-state index contributed by atoms with van der Waals surface area (Å²) in [5.74, 6) is -7.17. The lowest BCUT2D eigenvalue weighted by atomic mass is 9.87. The van der Waals surface area contributed by atoms with Gasteiger partial charge in [-0.1, -0.05) is 25.7 Å². The van der Waals surface area contributed by atoms with Gasteiger partial charge in [0.25, 0.3) is 0 Å². The van der Waals surface area contributed by atoms with Gasteiger partial charge in [-0.05, 0) is 25.7 Å². The molecule has 0 amide bonds. The summed E-state index contributed by atoms with van der Waals surface area (Å²) < 4.78 is 0. The standard InChI is InChI=1S/C26H42N4O12/c31-21(32)11-27(17-5-1-3-7-19(17)29(13-23(35)36)14-24(37)38)9-10-28(12-22(33)34)18-6-2-4-8-20(18)30(15-25(39)40)16-26(41)42/h17-20H,1-16H2,(H,31,32)(H,33,34)(H,35,36)(H,37,38)(H,39,40)(H,41,42)/t17-,18+,19-,20+. The van der Waals surface area contributed by atoms with Crippen LogP contribution in [0.4, 0.5) is 0 Å². The fourth-order valence-corrected chi connectivity index (χ4v) is 6.49. The van der Waals surface area contributed by atoms with Crippen molar-refractivity contribution in [1.82, 2.24) is 19.6 Å². The van der Waals surface area contributed by atoms with Gasteiger partial charge in [-0.25, -0.2) is 0 Å². The molecule has 0 saturated heterocycles. The molecule has 238 valence electrons. The molecule has 0 aromatic rings. The van der Waals surface area contributed by atoms with Crippen LogP contribution in [0.15, 0.2) is 0 Å². The van der Waals surface area contributed by atoms with Crippen molar-refractivity contribution < 1.29 is 59.4 Å². The normalized spacial score (nSPS) is 22.9. The molecule has 16 nitrogen and oxygen atoms in total. The molecule has 2 saturated carbocycles. The van der Waals surface area contributed by atoms with Gasteiger partial charge >= 0.3 is 35.8 Å². The average molecular weight is 603 g/mol. The van der Waals surface area contributed by atoms with Gasteiger partial charge in [0.2, 0.25) is 0 Å². The van der Waals surface area contributed by atoms with Crippen molar-refractivity contribution in [1.29, 1.82) is 0 Å². The van der Waals surface area contributed by atoms with E-state index < -0.39 is 99.3 Å². The molecule has 0 aromatic carbocycles. The maximum atomic E-state index is 11.9. The predicted octanol–water partition coefficient (Wildman–Crippen LogP) is -0.676. The minimum atomic E-state index is -1.21. The largest absolute Gasteiger partial charge is 0.480 e. The second kappa shape index (κ2) is 16.9. The van der Waals surface area contributed by atoms with Crippen molar-refractivity contribution >= 4 is 35.8 Å². The predicted molar refractivity (Wildman–Crippen MR) is 144 cm³/mol. The Morgan fingerprint density at radius 1 is 0.381 bits per heavy atom. The van der Waals surface area contributed by atoms with E-state index in [1.165, 1.54) is 9.80 Å². The molecule has 0 radical (unpaired) electrons. The molecule has 0 aromatic heterocycles. The summed E-state index contributed by atoms with van der Waals surface area (Å²) >= 11 is 0. The minimum absolute atomic E-state index is 0.0653. The highest BCUT2D eigenvalue weighted by molar-refractivity contribution is 5.73. The fraction of sp³-hybridized carbons (Fsp3) is 0.769. The Morgan fingerprint density at radius 2 is 0.571 bits per heavy atom. The van der Waals surface area contributed by atoms with Gasteiger partial charge in [-0.2, -0.15) is 0 Å². The van der Waals surface area contributed by atoms with Gasteiger partial charge in [0.05, 0.1) is 39.3 Å². The molecule has 2 rings (SSSR count). The van der Waals surface area contributed by atoms with E-state index in [0.29, 0.717) is 51.4 Å². The Hall–Kier alpha value is -3.34. The molecule has 0 bridgehead atoms. The van der Waals surface area contributed by atoms with Crippen LogP contribution in [0.3, 0.4) is 0 Å². The molecule has 2 aliphatic carbocycles. The van der Waals surface area contributed by atoms with Gasteiger partial charge in [0.1, 0.15) is 0 Å². The fourth-order valence-electron chi connectivity index (χ4n) is 6.49. The van der Waals surface area contributed by atoms with Crippen molar-refractivity contribution in [2.75, 3.05) is 52.4 Å². The first-order valence-electron chi connectivity index (χ1n) is 14.0. The summed E-state index contributed by atoms with van der Waals surface area (Å²) in [6.45, 7) is -2.88. The quantitative estimate of drug-likeness (QED) is 0.107. The monoisotopic (exact) mass is 602 g/mol. The molecule has 0 spiro atoms. The first-order valence-corrected chi connectivity index (χ1v) is 14.0. The maximum Gasteiger partial charge on any atom is 0.317 e. The first kappa shape index (κ1) is 34.9. The van der Waals surface area contributed by atoms with Gasteiger partial charge in [0, 0.05) is 37.3 Å². The van der Waals surface area contributed by atoms with E-state index in [0.717, 1.165) is 0 Å². The number of carbonyl (C=O) groups is 6. The SMILES string of the molecule is O=C(O)CN(CCN(CC(=O)O)[C@H]1CCCC[C@@H]1N(CC(=O)O)CC(=O)O)[C@@H]1CCCC[C@H]1N(CC(=O)O)CC(=O)O. The molecular formula is C26H42N4O12. The van der Waals surface area contributed by atoms with Crippen LogP contribution < -0.4 is 0 Å². The minimum Gasteiger partial charge on any atom is -0.480 e. The van der Waals surface area contributed by atoms with E-state index in [9.17, 15) is 59.4 Å². The summed E-state index contributed by atoms with van der Waals surface area (Å²) in [5, 5.41) is 57.0. The second-order valence-electron chi connectivity index (χ2n) is 11.0. The van der Waals surface area contributed by atoms with E-state index >= 15 is 0 Å². The number of carboxylic acid groups (broad SMARTS) is 6. The Balaban J connectivity index is 2.36. The summed E-state index contributed by atoms with van der Waals surface area (Å²) in [4.78, 5) is 75.7. The highest BCUT2D eigenvalue weighted by Crippen LogP contribution is 2.30. The Bertz CT molecular complexity index is 871. The number of nitrogens with zero attached hydrogens (tertiary/aromatic N) is 4. The molecule has 0 aliphatic heterocycles. The topological polar surface area (TPSA) is 237 Å². The first-order chi connectivity index (χ1) is 19.8. The molecule has 16 heteroatoms. The number of rotatable bonds is 19. The molecule has 4 atom stereocenters. The van der Waals surface area contributed by atoms with Crippen LogP contribution in [0.1, 0.15) is 51.4 Å². The summed E-state index contributed by atoms with van der Waals surface area (Å²) in [5.41, 5.74) is 0. The molecule has 42 heavy (non-hydrogen) atoms. The number of hydrogen-bond acceptors (Lipinski definition) is 10. The lowest BCUT2D eigenvalue weighted by Gasteiger charge is -2.46. The van der Waals surface area contributed by atoms with Gasteiger partial charge in [-0.15, -0.1) is 0 Å². The lowest BCUT2D eigenvalue weighted by Crippen LogP contribution is -2.60. The van der Waals surface area contributed by atoms with E-state index in [1.807, 2.05) is 0 Å². The van der Waals surface area contributed by atoms with E-state index in [1.54, 1.807) is 9.80 Å². The van der Waals surface area contributed by atoms with Crippen molar-refractivity contribution in [2.24, 2.45) is 0 Å². The van der Waals surface area contributed by atoms with Gasteiger partial charge < -0.3 is 30.6 Å². The molecule has 2 fully saturated rings. The number of carboxylic acids is 6. The Kier molecular flexibility index (Phi) is 14.1.